The molecule has 1 aliphatic heterocycles. The number of urea groups is 1. The van der Waals surface area contributed by atoms with Gasteiger partial charge >= 0.3 is 12.0 Å². The molecule has 3 aromatic rings. The van der Waals surface area contributed by atoms with E-state index in [1.54, 1.807) is 30.3 Å². The lowest BCUT2D eigenvalue weighted by Gasteiger charge is -2.26. The molecule has 0 atom stereocenters. The van der Waals surface area contributed by atoms with E-state index < -0.39 is 23.8 Å². The number of amides is 4. The van der Waals surface area contributed by atoms with Gasteiger partial charge < -0.3 is 24.1 Å². The number of carboxylic acids is 1. The van der Waals surface area contributed by atoms with Gasteiger partial charge in [-0.05, 0) is 72.5 Å². The van der Waals surface area contributed by atoms with Crippen molar-refractivity contribution in [3.05, 3.63) is 87.4 Å². The molecule has 1 saturated heterocycles. The molecule has 0 spiro atoms. The Morgan fingerprint density at radius 3 is 2.32 bits per heavy atom. The molecule has 11 nitrogen and oxygen atoms in total. The molecule has 0 bridgehead atoms. The molecule has 4 rings (SSSR count). The molecule has 44 heavy (non-hydrogen) atoms. The van der Waals surface area contributed by atoms with E-state index in [0.29, 0.717) is 41.4 Å². The van der Waals surface area contributed by atoms with Crippen LogP contribution in [-0.4, -0.2) is 54.1 Å². The Morgan fingerprint density at radius 1 is 0.932 bits per heavy atom. The minimum atomic E-state index is -1.04. The number of imide groups is 2. The maximum absolute atomic E-state index is 13.4. The first kappa shape index (κ1) is 31.9. The van der Waals surface area contributed by atoms with E-state index in [4.69, 9.17) is 35.7 Å². The predicted octanol–water partition coefficient (Wildman–Crippen LogP) is 5.48. The van der Waals surface area contributed by atoms with Gasteiger partial charge in [0.05, 0.1) is 37.5 Å². The Labute approximate surface area is 258 Å². The first-order valence-corrected chi connectivity index (χ1v) is 14.1. The first-order valence-electron chi connectivity index (χ1n) is 13.7. The van der Waals surface area contributed by atoms with Crippen molar-refractivity contribution in [2.24, 2.45) is 0 Å². The van der Waals surface area contributed by atoms with E-state index in [1.807, 2.05) is 13.8 Å². The SMILES string of the molecule is CCCOc1ccc(CN2C(=O)NC(=O)/C(=C\c3cc(Cl)c(OCc4ccc(C(=O)O)cc4)c(OC)c3)C2=O)cc1OCC. The van der Waals surface area contributed by atoms with Crippen LogP contribution in [0.1, 0.15) is 47.3 Å². The summed E-state index contributed by atoms with van der Waals surface area (Å²) in [5.74, 6) is -1.19. The molecule has 1 aliphatic rings. The quantitative estimate of drug-likeness (QED) is 0.187. The molecular weight excluding hydrogens is 592 g/mol. The minimum absolute atomic E-state index is 0.0745. The summed E-state index contributed by atoms with van der Waals surface area (Å²) < 4.78 is 22.7. The average Bonchev–Trinajstić information content (AvgIpc) is 3.00. The highest BCUT2D eigenvalue weighted by atomic mass is 35.5. The Bertz CT molecular complexity index is 1600. The summed E-state index contributed by atoms with van der Waals surface area (Å²) in [6, 6.07) is 13.5. The van der Waals surface area contributed by atoms with Crippen molar-refractivity contribution in [2.45, 2.75) is 33.4 Å². The average molecular weight is 623 g/mol. The summed E-state index contributed by atoms with van der Waals surface area (Å²) in [6.45, 7) is 4.68. The Hall–Kier alpha value is -5.03. The van der Waals surface area contributed by atoms with Crippen LogP contribution in [0.15, 0.2) is 60.2 Å². The summed E-state index contributed by atoms with van der Waals surface area (Å²) in [5, 5.41) is 11.4. The van der Waals surface area contributed by atoms with Gasteiger partial charge in [-0.2, -0.15) is 0 Å². The first-order chi connectivity index (χ1) is 21.1. The van der Waals surface area contributed by atoms with Crippen molar-refractivity contribution in [3.8, 4) is 23.0 Å². The number of ether oxygens (including phenoxy) is 4. The summed E-state index contributed by atoms with van der Waals surface area (Å²) >= 11 is 6.50. The summed E-state index contributed by atoms with van der Waals surface area (Å²) in [7, 11) is 1.41. The number of carbonyl (C=O) groups excluding carboxylic acids is 3. The largest absolute Gasteiger partial charge is 0.493 e. The monoisotopic (exact) mass is 622 g/mol. The number of methoxy groups -OCH3 is 1. The van der Waals surface area contributed by atoms with Gasteiger partial charge in [-0.1, -0.05) is 36.7 Å². The molecule has 3 aromatic carbocycles. The molecular formula is C32H31ClN2O9. The minimum Gasteiger partial charge on any atom is -0.493 e. The number of carbonyl (C=O) groups is 4. The Balaban J connectivity index is 1.55. The van der Waals surface area contributed by atoms with Crippen molar-refractivity contribution >= 4 is 41.5 Å². The predicted molar refractivity (Wildman–Crippen MR) is 161 cm³/mol. The number of nitrogens with one attached hydrogen (secondary N) is 1. The van der Waals surface area contributed by atoms with Gasteiger partial charge in [-0.25, -0.2) is 9.59 Å². The summed E-state index contributed by atoms with van der Waals surface area (Å²) in [6.07, 6.45) is 2.13. The topological polar surface area (TPSA) is 141 Å². The lowest BCUT2D eigenvalue weighted by Crippen LogP contribution is -2.53. The van der Waals surface area contributed by atoms with Crippen LogP contribution in [0.5, 0.6) is 23.0 Å². The molecule has 1 heterocycles. The number of benzene rings is 3. The zero-order valence-corrected chi connectivity index (χ0v) is 25.1. The van der Waals surface area contributed by atoms with Gasteiger partial charge in [-0.3, -0.25) is 19.8 Å². The number of halogens is 1. The molecule has 0 unspecified atom stereocenters. The van der Waals surface area contributed by atoms with E-state index in [2.05, 4.69) is 5.32 Å². The van der Waals surface area contributed by atoms with Crippen molar-refractivity contribution in [1.82, 2.24) is 10.2 Å². The molecule has 230 valence electrons. The molecule has 0 radical (unpaired) electrons. The second kappa shape index (κ2) is 14.4. The van der Waals surface area contributed by atoms with E-state index >= 15 is 0 Å². The lowest BCUT2D eigenvalue weighted by atomic mass is 10.1. The van der Waals surface area contributed by atoms with E-state index in [9.17, 15) is 19.2 Å². The van der Waals surface area contributed by atoms with Crippen LogP contribution in [0.4, 0.5) is 4.79 Å². The molecule has 0 aliphatic carbocycles. The fraction of sp³-hybridized carbons (Fsp3) is 0.250. The molecule has 2 N–H and O–H groups in total. The van der Waals surface area contributed by atoms with Crippen molar-refractivity contribution in [2.75, 3.05) is 20.3 Å². The van der Waals surface area contributed by atoms with E-state index in [1.165, 1.54) is 37.5 Å². The molecule has 1 fully saturated rings. The van der Waals surface area contributed by atoms with Gasteiger partial charge in [-0.15, -0.1) is 0 Å². The number of carboxylic acid groups (broad SMARTS) is 1. The van der Waals surface area contributed by atoms with E-state index in [0.717, 1.165) is 11.3 Å². The van der Waals surface area contributed by atoms with E-state index in [-0.39, 0.29) is 40.8 Å². The maximum atomic E-state index is 13.4. The van der Waals surface area contributed by atoms with Crippen molar-refractivity contribution in [3.63, 3.8) is 0 Å². The zero-order valence-electron chi connectivity index (χ0n) is 24.3. The third-order valence-corrected chi connectivity index (χ3v) is 6.72. The smallest absolute Gasteiger partial charge is 0.335 e. The van der Waals surface area contributed by atoms with Gasteiger partial charge in [0, 0.05) is 0 Å². The van der Waals surface area contributed by atoms with Crippen LogP contribution in [0.2, 0.25) is 5.02 Å². The fourth-order valence-electron chi connectivity index (χ4n) is 4.30. The molecule has 12 heteroatoms. The number of hydrogen-bond donors (Lipinski definition) is 2. The van der Waals surface area contributed by atoms with Crippen LogP contribution in [0, 0.1) is 0 Å². The summed E-state index contributed by atoms with van der Waals surface area (Å²) in [4.78, 5) is 50.8. The maximum Gasteiger partial charge on any atom is 0.335 e. The standard InChI is InChI=1S/C32H31ClN2O9/c1-4-12-43-25-11-8-20(15-26(25)42-5-2)17-35-30(37)23(29(36)34-32(35)40)13-21-14-24(33)28(27(16-21)41-3)44-18-19-6-9-22(10-7-19)31(38)39/h6-11,13-16H,4-5,12,17-18H2,1-3H3,(H,38,39)(H,34,36,40)/b23-13+. The van der Waals surface area contributed by atoms with Gasteiger partial charge in [0.25, 0.3) is 11.8 Å². The zero-order chi connectivity index (χ0) is 31.8. The highest BCUT2D eigenvalue weighted by Gasteiger charge is 2.36. The normalized spacial score (nSPS) is 14.0. The highest BCUT2D eigenvalue weighted by Crippen LogP contribution is 2.38. The van der Waals surface area contributed by atoms with Crippen molar-refractivity contribution < 1.29 is 43.2 Å². The second-order valence-electron chi connectivity index (χ2n) is 9.60. The molecule has 4 amide bonds. The Kier molecular flexibility index (Phi) is 10.5. The molecule has 0 saturated carbocycles. The highest BCUT2D eigenvalue weighted by molar-refractivity contribution is 6.33. The van der Waals surface area contributed by atoms with Crippen LogP contribution >= 0.6 is 11.6 Å². The van der Waals surface area contributed by atoms with Gasteiger partial charge in [0.2, 0.25) is 0 Å². The van der Waals surface area contributed by atoms with Crippen LogP contribution in [-0.2, 0) is 22.7 Å². The lowest BCUT2D eigenvalue weighted by molar-refractivity contribution is -0.130. The number of rotatable bonds is 13. The van der Waals surface area contributed by atoms with Crippen LogP contribution in [0.3, 0.4) is 0 Å². The third-order valence-electron chi connectivity index (χ3n) is 6.44. The van der Waals surface area contributed by atoms with Crippen molar-refractivity contribution in [1.29, 1.82) is 0 Å². The van der Waals surface area contributed by atoms with Crippen LogP contribution < -0.4 is 24.3 Å². The van der Waals surface area contributed by atoms with Crippen LogP contribution in [0.25, 0.3) is 6.08 Å². The number of nitrogens with zero attached hydrogens (tertiary/aromatic N) is 1. The number of barbiturate groups is 1. The Morgan fingerprint density at radius 2 is 1.66 bits per heavy atom. The number of hydrogen-bond acceptors (Lipinski definition) is 8. The second-order valence-corrected chi connectivity index (χ2v) is 10.0. The fourth-order valence-corrected chi connectivity index (χ4v) is 4.57. The summed E-state index contributed by atoms with van der Waals surface area (Å²) in [5.41, 5.74) is 1.52. The van der Waals surface area contributed by atoms with Gasteiger partial charge in [0.1, 0.15) is 12.2 Å². The molecule has 0 aromatic heterocycles. The van der Waals surface area contributed by atoms with Gasteiger partial charge in [0.15, 0.2) is 23.0 Å². The number of aromatic carboxylic acids is 1. The third kappa shape index (κ3) is 7.48.